The Morgan fingerprint density at radius 2 is 1.52 bits per heavy atom. The summed E-state index contributed by atoms with van der Waals surface area (Å²) < 4.78 is 25.6. The molecule has 5 heteroatoms. The molecule has 0 aliphatic carbocycles. The van der Waals surface area contributed by atoms with Gasteiger partial charge in [-0.3, -0.25) is 0 Å². The standard InChI is InChI=1S/C18H21NO3S/c1-19(2)23(21,22)15-18(20,17-11-7-4-8-12-17)14-13-16-9-5-3-6-10-16/h3-14,20H,15H2,1-2H3/b14-13+. The molecule has 0 heterocycles. The van der Waals surface area contributed by atoms with Gasteiger partial charge in [-0.2, -0.15) is 0 Å². The molecule has 23 heavy (non-hydrogen) atoms. The Kier molecular flexibility index (Phi) is 5.36. The second-order valence-corrected chi connectivity index (χ2v) is 7.76. The normalized spacial score (nSPS) is 15.0. The highest BCUT2D eigenvalue weighted by Gasteiger charge is 2.33. The lowest BCUT2D eigenvalue weighted by atomic mass is 9.94. The zero-order valence-corrected chi connectivity index (χ0v) is 14.1. The lowest BCUT2D eigenvalue weighted by Gasteiger charge is -2.26. The average molecular weight is 331 g/mol. The fourth-order valence-electron chi connectivity index (χ4n) is 2.16. The van der Waals surface area contributed by atoms with Gasteiger partial charge >= 0.3 is 0 Å². The van der Waals surface area contributed by atoms with Crippen LogP contribution in [0.2, 0.25) is 0 Å². The molecule has 4 nitrogen and oxygen atoms in total. The number of sulfonamides is 1. The summed E-state index contributed by atoms with van der Waals surface area (Å²) in [5, 5.41) is 11.0. The fourth-order valence-corrected chi connectivity index (χ4v) is 3.24. The van der Waals surface area contributed by atoms with Gasteiger partial charge < -0.3 is 5.11 Å². The highest BCUT2D eigenvalue weighted by atomic mass is 32.2. The topological polar surface area (TPSA) is 57.6 Å². The Hall–Kier alpha value is -1.95. The molecule has 0 aliphatic rings. The zero-order valence-electron chi connectivity index (χ0n) is 13.3. The van der Waals surface area contributed by atoms with E-state index in [1.165, 1.54) is 14.1 Å². The van der Waals surface area contributed by atoms with Crippen LogP contribution in [0.4, 0.5) is 0 Å². The van der Waals surface area contributed by atoms with E-state index in [1.807, 2.05) is 36.4 Å². The van der Waals surface area contributed by atoms with Gasteiger partial charge in [0.2, 0.25) is 10.0 Å². The summed E-state index contributed by atoms with van der Waals surface area (Å²) in [4.78, 5) is 0. The van der Waals surface area contributed by atoms with Gasteiger partial charge in [-0.15, -0.1) is 0 Å². The summed E-state index contributed by atoms with van der Waals surface area (Å²) >= 11 is 0. The third-order valence-corrected chi connectivity index (χ3v) is 5.50. The SMILES string of the molecule is CN(C)S(=O)(=O)CC(O)(/C=C/c1ccccc1)c1ccccc1. The lowest BCUT2D eigenvalue weighted by molar-refractivity contribution is 0.114. The van der Waals surface area contributed by atoms with E-state index in [0.29, 0.717) is 5.56 Å². The molecule has 2 aromatic rings. The van der Waals surface area contributed by atoms with Crippen molar-refractivity contribution in [3.63, 3.8) is 0 Å². The molecule has 2 aromatic carbocycles. The second-order valence-electron chi connectivity index (χ2n) is 5.57. The van der Waals surface area contributed by atoms with Gasteiger partial charge in [0.05, 0.1) is 0 Å². The summed E-state index contributed by atoms with van der Waals surface area (Å²) in [6, 6.07) is 18.3. The van der Waals surface area contributed by atoms with Crippen molar-refractivity contribution in [2.45, 2.75) is 5.60 Å². The highest BCUT2D eigenvalue weighted by Crippen LogP contribution is 2.26. The van der Waals surface area contributed by atoms with E-state index in [2.05, 4.69) is 0 Å². The molecule has 0 aliphatic heterocycles. The number of hydrogen-bond donors (Lipinski definition) is 1. The lowest BCUT2D eigenvalue weighted by Crippen LogP contribution is -2.38. The van der Waals surface area contributed by atoms with E-state index in [1.54, 1.807) is 36.4 Å². The van der Waals surface area contributed by atoms with Crippen molar-refractivity contribution in [1.29, 1.82) is 0 Å². The number of rotatable bonds is 6. The maximum absolute atomic E-state index is 12.3. The largest absolute Gasteiger partial charge is 0.380 e. The Balaban J connectivity index is 2.42. The molecule has 1 atom stereocenters. The molecule has 1 N–H and O–H groups in total. The van der Waals surface area contributed by atoms with Crippen LogP contribution in [0.15, 0.2) is 66.7 Å². The van der Waals surface area contributed by atoms with E-state index < -0.39 is 21.4 Å². The van der Waals surface area contributed by atoms with Crippen molar-refractivity contribution in [1.82, 2.24) is 4.31 Å². The van der Waals surface area contributed by atoms with Gasteiger partial charge in [-0.05, 0) is 17.2 Å². The first-order chi connectivity index (χ1) is 10.8. The third-order valence-electron chi connectivity index (χ3n) is 3.58. The maximum atomic E-state index is 12.3. The second kappa shape index (κ2) is 7.08. The summed E-state index contributed by atoms with van der Waals surface area (Å²) in [7, 11) is -0.656. The summed E-state index contributed by atoms with van der Waals surface area (Å²) in [6.07, 6.45) is 3.27. The van der Waals surface area contributed by atoms with Crippen molar-refractivity contribution in [2.75, 3.05) is 19.8 Å². The van der Waals surface area contributed by atoms with Gasteiger partial charge in [0.1, 0.15) is 11.4 Å². The molecule has 0 radical (unpaired) electrons. The van der Waals surface area contributed by atoms with E-state index >= 15 is 0 Å². The van der Waals surface area contributed by atoms with Crippen LogP contribution in [0.25, 0.3) is 6.08 Å². The average Bonchev–Trinajstić information content (AvgIpc) is 2.54. The van der Waals surface area contributed by atoms with Crippen LogP contribution in [-0.2, 0) is 15.6 Å². The first-order valence-electron chi connectivity index (χ1n) is 7.26. The zero-order chi connectivity index (χ0) is 16.9. The van der Waals surface area contributed by atoms with Crippen molar-refractivity contribution in [3.05, 3.63) is 77.9 Å². The van der Waals surface area contributed by atoms with E-state index in [4.69, 9.17) is 0 Å². The molecular weight excluding hydrogens is 310 g/mol. The number of benzene rings is 2. The Labute approximate surface area is 137 Å². The van der Waals surface area contributed by atoms with Crippen molar-refractivity contribution in [2.24, 2.45) is 0 Å². The van der Waals surface area contributed by atoms with Gasteiger partial charge in [-0.25, -0.2) is 12.7 Å². The van der Waals surface area contributed by atoms with E-state index in [-0.39, 0.29) is 0 Å². The minimum atomic E-state index is -3.58. The van der Waals surface area contributed by atoms with E-state index in [9.17, 15) is 13.5 Å². The first kappa shape index (κ1) is 17.4. The van der Waals surface area contributed by atoms with Crippen molar-refractivity contribution >= 4 is 16.1 Å². The van der Waals surface area contributed by atoms with Gasteiger partial charge in [0.25, 0.3) is 0 Å². The predicted octanol–water partition coefficient (Wildman–Crippen LogP) is 2.48. The van der Waals surface area contributed by atoms with E-state index in [0.717, 1.165) is 9.87 Å². The monoisotopic (exact) mass is 331 g/mol. The van der Waals surface area contributed by atoms with Crippen LogP contribution < -0.4 is 0 Å². The van der Waals surface area contributed by atoms with Crippen molar-refractivity contribution in [3.8, 4) is 0 Å². The molecule has 2 rings (SSSR count). The Morgan fingerprint density at radius 1 is 1.00 bits per heavy atom. The van der Waals surface area contributed by atoms with Gasteiger partial charge in [-0.1, -0.05) is 66.7 Å². The van der Waals surface area contributed by atoms with Gasteiger partial charge in [0.15, 0.2) is 0 Å². The molecular formula is C18H21NO3S. The predicted molar refractivity (Wildman–Crippen MR) is 93.3 cm³/mol. The summed E-state index contributed by atoms with van der Waals surface area (Å²) in [5.41, 5.74) is -0.165. The Bertz CT molecular complexity index is 755. The van der Waals surface area contributed by atoms with Crippen LogP contribution in [0.5, 0.6) is 0 Å². The molecule has 0 amide bonds. The number of hydrogen-bond acceptors (Lipinski definition) is 3. The quantitative estimate of drug-likeness (QED) is 0.885. The molecule has 0 aromatic heterocycles. The Morgan fingerprint density at radius 3 is 2.04 bits per heavy atom. The molecule has 122 valence electrons. The molecule has 0 bridgehead atoms. The van der Waals surface area contributed by atoms with Crippen LogP contribution in [0, 0.1) is 0 Å². The summed E-state index contributed by atoms with van der Waals surface area (Å²) in [5.74, 6) is -0.416. The minimum Gasteiger partial charge on any atom is -0.380 e. The maximum Gasteiger partial charge on any atom is 0.217 e. The van der Waals surface area contributed by atoms with Crippen LogP contribution in [-0.4, -0.2) is 37.7 Å². The molecule has 0 saturated carbocycles. The van der Waals surface area contributed by atoms with Crippen LogP contribution >= 0.6 is 0 Å². The highest BCUT2D eigenvalue weighted by molar-refractivity contribution is 7.89. The smallest absolute Gasteiger partial charge is 0.217 e. The van der Waals surface area contributed by atoms with Crippen LogP contribution in [0.3, 0.4) is 0 Å². The number of aliphatic hydroxyl groups is 1. The third kappa shape index (κ3) is 4.51. The first-order valence-corrected chi connectivity index (χ1v) is 8.87. The van der Waals surface area contributed by atoms with Gasteiger partial charge in [0, 0.05) is 14.1 Å². The number of nitrogens with zero attached hydrogens (tertiary/aromatic N) is 1. The van der Waals surface area contributed by atoms with Crippen molar-refractivity contribution < 1.29 is 13.5 Å². The molecule has 0 saturated heterocycles. The summed E-state index contributed by atoms with van der Waals surface area (Å²) in [6.45, 7) is 0. The fraction of sp³-hybridized carbons (Fsp3) is 0.222. The molecule has 1 unspecified atom stereocenters. The molecule has 0 fully saturated rings. The molecule has 0 spiro atoms. The minimum absolute atomic E-state index is 0.416. The van der Waals surface area contributed by atoms with Crippen LogP contribution in [0.1, 0.15) is 11.1 Å².